The number of nitrogens with one attached hydrogen (secondary N) is 1. The van der Waals surface area contributed by atoms with Crippen molar-refractivity contribution in [2.75, 3.05) is 6.54 Å². The first kappa shape index (κ1) is 7.62. The van der Waals surface area contributed by atoms with Crippen molar-refractivity contribution in [1.82, 2.24) is 5.32 Å². The van der Waals surface area contributed by atoms with Gasteiger partial charge in [0, 0.05) is 6.04 Å². The van der Waals surface area contributed by atoms with E-state index in [0.29, 0.717) is 11.8 Å². The second kappa shape index (κ2) is 2.79. The summed E-state index contributed by atoms with van der Waals surface area (Å²) >= 11 is 0. The van der Waals surface area contributed by atoms with Gasteiger partial charge in [0.1, 0.15) is 5.75 Å². The molecule has 2 rings (SSSR count). The van der Waals surface area contributed by atoms with Crippen LogP contribution in [0.1, 0.15) is 23.6 Å². The maximum atomic E-state index is 9.44. The molecule has 2 N–H and O–H groups in total. The van der Waals surface area contributed by atoms with Gasteiger partial charge in [0.2, 0.25) is 0 Å². The Morgan fingerprint density at radius 2 is 2.25 bits per heavy atom. The van der Waals surface area contributed by atoms with Gasteiger partial charge in [0.05, 0.1) is 0 Å². The molecule has 1 fully saturated rings. The average Bonchev–Trinajstić information content (AvgIpc) is 1.95. The van der Waals surface area contributed by atoms with Gasteiger partial charge in [-0.05, 0) is 37.1 Å². The van der Waals surface area contributed by atoms with Gasteiger partial charge in [-0.25, -0.2) is 0 Å². The summed E-state index contributed by atoms with van der Waals surface area (Å²) in [7, 11) is 0. The Balaban J connectivity index is 2.36. The van der Waals surface area contributed by atoms with E-state index >= 15 is 0 Å². The fourth-order valence-electron chi connectivity index (χ4n) is 1.57. The summed E-state index contributed by atoms with van der Waals surface area (Å²) in [5.74, 6) is 0.404. The number of aromatic hydroxyl groups is 1. The Morgan fingerprint density at radius 3 is 2.83 bits per heavy atom. The fraction of sp³-hybridized carbons (Fsp3) is 0.400. The van der Waals surface area contributed by atoms with Crippen molar-refractivity contribution < 1.29 is 5.11 Å². The second-order valence-corrected chi connectivity index (χ2v) is 3.29. The van der Waals surface area contributed by atoms with E-state index in [1.165, 1.54) is 12.0 Å². The second-order valence-electron chi connectivity index (χ2n) is 3.29. The molecular formula is C10H13NO. The summed E-state index contributed by atoms with van der Waals surface area (Å²) in [5.41, 5.74) is 2.25. The SMILES string of the molecule is Cc1c(O)cccc1[C@H]1CCN1. The molecule has 1 aromatic rings. The van der Waals surface area contributed by atoms with Crippen molar-refractivity contribution in [2.45, 2.75) is 19.4 Å². The molecule has 12 heavy (non-hydrogen) atoms. The van der Waals surface area contributed by atoms with Crippen LogP contribution in [-0.4, -0.2) is 11.7 Å². The molecule has 0 aliphatic carbocycles. The van der Waals surface area contributed by atoms with Crippen LogP contribution >= 0.6 is 0 Å². The lowest BCUT2D eigenvalue weighted by molar-refractivity contribution is 0.379. The third kappa shape index (κ3) is 1.08. The number of phenols is 1. The minimum absolute atomic E-state index is 0.404. The molecule has 1 atom stereocenters. The van der Waals surface area contributed by atoms with Gasteiger partial charge in [-0.3, -0.25) is 0 Å². The van der Waals surface area contributed by atoms with E-state index in [9.17, 15) is 5.11 Å². The molecule has 1 aromatic carbocycles. The van der Waals surface area contributed by atoms with Crippen molar-refractivity contribution in [3.63, 3.8) is 0 Å². The smallest absolute Gasteiger partial charge is 0.118 e. The minimum Gasteiger partial charge on any atom is -0.508 e. The molecule has 1 saturated heterocycles. The molecule has 2 nitrogen and oxygen atoms in total. The highest BCUT2D eigenvalue weighted by molar-refractivity contribution is 5.40. The van der Waals surface area contributed by atoms with Crippen molar-refractivity contribution in [3.8, 4) is 5.75 Å². The molecule has 1 aliphatic rings. The maximum absolute atomic E-state index is 9.44. The Morgan fingerprint density at radius 1 is 1.50 bits per heavy atom. The van der Waals surface area contributed by atoms with E-state index in [2.05, 4.69) is 11.4 Å². The lowest BCUT2D eigenvalue weighted by Crippen LogP contribution is -2.35. The first-order valence-corrected chi connectivity index (χ1v) is 4.31. The first-order valence-electron chi connectivity index (χ1n) is 4.31. The van der Waals surface area contributed by atoms with Crippen LogP contribution in [0.5, 0.6) is 5.75 Å². The van der Waals surface area contributed by atoms with Crippen LogP contribution in [-0.2, 0) is 0 Å². The minimum atomic E-state index is 0.404. The fourth-order valence-corrected chi connectivity index (χ4v) is 1.57. The molecule has 64 valence electrons. The number of phenolic OH excluding ortho intramolecular Hbond substituents is 1. The molecule has 0 radical (unpaired) electrons. The third-order valence-electron chi connectivity index (χ3n) is 2.55. The molecule has 0 aromatic heterocycles. The average molecular weight is 163 g/mol. The van der Waals surface area contributed by atoms with Crippen LogP contribution < -0.4 is 5.32 Å². The highest BCUT2D eigenvalue weighted by atomic mass is 16.3. The summed E-state index contributed by atoms with van der Waals surface area (Å²) in [6.07, 6.45) is 1.18. The van der Waals surface area contributed by atoms with E-state index in [1.54, 1.807) is 6.07 Å². The number of hydrogen-bond donors (Lipinski definition) is 2. The Kier molecular flexibility index (Phi) is 1.77. The van der Waals surface area contributed by atoms with Crippen molar-refractivity contribution >= 4 is 0 Å². The molecular weight excluding hydrogens is 150 g/mol. The highest BCUT2D eigenvalue weighted by Crippen LogP contribution is 2.29. The van der Waals surface area contributed by atoms with Crippen LogP contribution in [0.2, 0.25) is 0 Å². The number of benzene rings is 1. The van der Waals surface area contributed by atoms with Crippen molar-refractivity contribution in [3.05, 3.63) is 29.3 Å². The molecule has 1 aliphatic heterocycles. The molecule has 0 unspecified atom stereocenters. The van der Waals surface area contributed by atoms with Gasteiger partial charge in [0.25, 0.3) is 0 Å². The van der Waals surface area contributed by atoms with Gasteiger partial charge >= 0.3 is 0 Å². The van der Waals surface area contributed by atoms with Gasteiger partial charge < -0.3 is 10.4 Å². The Bertz CT molecular complexity index is 292. The summed E-state index contributed by atoms with van der Waals surface area (Å²) in [4.78, 5) is 0. The van der Waals surface area contributed by atoms with E-state index < -0.39 is 0 Å². The van der Waals surface area contributed by atoms with Crippen molar-refractivity contribution in [2.24, 2.45) is 0 Å². The molecule has 0 spiro atoms. The van der Waals surface area contributed by atoms with Crippen LogP contribution in [0.25, 0.3) is 0 Å². The number of rotatable bonds is 1. The van der Waals surface area contributed by atoms with Gasteiger partial charge in [-0.2, -0.15) is 0 Å². The summed E-state index contributed by atoms with van der Waals surface area (Å²) < 4.78 is 0. The van der Waals surface area contributed by atoms with E-state index in [1.807, 2.05) is 13.0 Å². The molecule has 2 heteroatoms. The predicted octanol–water partition coefficient (Wildman–Crippen LogP) is 1.74. The monoisotopic (exact) mass is 163 g/mol. The molecule has 0 saturated carbocycles. The van der Waals surface area contributed by atoms with E-state index in [0.717, 1.165) is 12.1 Å². The van der Waals surface area contributed by atoms with Gasteiger partial charge in [-0.15, -0.1) is 0 Å². The van der Waals surface area contributed by atoms with Crippen LogP contribution in [0.15, 0.2) is 18.2 Å². The van der Waals surface area contributed by atoms with Crippen molar-refractivity contribution in [1.29, 1.82) is 0 Å². The van der Waals surface area contributed by atoms with E-state index in [-0.39, 0.29) is 0 Å². The van der Waals surface area contributed by atoms with Gasteiger partial charge in [0.15, 0.2) is 0 Å². The van der Waals surface area contributed by atoms with Crippen LogP contribution in [0.3, 0.4) is 0 Å². The van der Waals surface area contributed by atoms with Crippen LogP contribution in [0.4, 0.5) is 0 Å². The zero-order chi connectivity index (χ0) is 8.55. The maximum Gasteiger partial charge on any atom is 0.118 e. The zero-order valence-electron chi connectivity index (χ0n) is 7.17. The summed E-state index contributed by atoms with van der Waals surface area (Å²) in [5, 5.41) is 12.8. The van der Waals surface area contributed by atoms with Gasteiger partial charge in [-0.1, -0.05) is 12.1 Å². The Hall–Kier alpha value is -1.02. The summed E-state index contributed by atoms with van der Waals surface area (Å²) in [6, 6.07) is 6.18. The normalized spacial score (nSPS) is 21.9. The topological polar surface area (TPSA) is 32.3 Å². The van der Waals surface area contributed by atoms with E-state index in [4.69, 9.17) is 0 Å². The lowest BCUT2D eigenvalue weighted by Gasteiger charge is -2.29. The summed E-state index contributed by atoms with van der Waals surface area (Å²) in [6.45, 7) is 3.06. The predicted molar refractivity (Wildman–Crippen MR) is 48.2 cm³/mol. The standard InChI is InChI=1S/C10H13NO/c1-7-8(9-5-6-11-9)3-2-4-10(7)12/h2-4,9,11-12H,5-6H2,1H3/t9-/m1/s1. The van der Waals surface area contributed by atoms with Crippen LogP contribution in [0, 0.1) is 6.92 Å². The lowest BCUT2D eigenvalue weighted by atomic mass is 9.94. The Labute approximate surface area is 72.2 Å². The first-order chi connectivity index (χ1) is 5.79. The largest absolute Gasteiger partial charge is 0.508 e. The molecule has 0 amide bonds. The molecule has 0 bridgehead atoms. The molecule has 1 heterocycles. The highest BCUT2D eigenvalue weighted by Gasteiger charge is 2.20. The quantitative estimate of drug-likeness (QED) is 0.661. The third-order valence-corrected chi connectivity index (χ3v) is 2.55. The zero-order valence-corrected chi connectivity index (χ0v) is 7.17. The number of hydrogen-bond acceptors (Lipinski definition) is 2.